The molecule has 24 heavy (non-hydrogen) atoms. The molecule has 0 aliphatic heterocycles. The van der Waals surface area contributed by atoms with Crippen molar-refractivity contribution in [2.45, 2.75) is 26.7 Å². The highest BCUT2D eigenvalue weighted by Gasteiger charge is 2.22. The van der Waals surface area contributed by atoms with Crippen molar-refractivity contribution in [3.05, 3.63) is 17.7 Å². The topological polar surface area (TPSA) is 74.0 Å². The van der Waals surface area contributed by atoms with Crippen LogP contribution in [0.4, 0.5) is 0 Å². The molecule has 0 saturated heterocycles. The number of nitrogens with zero attached hydrogens (tertiary/aromatic N) is 1. The molecular formula is C18H30N2O4. The Morgan fingerprint density at radius 2 is 1.75 bits per heavy atom. The molecule has 6 heteroatoms. The predicted octanol–water partition coefficient (Wildman–Crippen LogP) is 2.09. The van der Waals surface area contributed by atoms with Gasteiger partial charge in [0.15, 0.2) is 11.5 Å². The van der Waals surface area contributed by atoms with E-state index in [0.29, 0.717) is 43.2 Å². The van der Waals surface area contributed by atoms with Gasteiger partial charge in [0.1, 0.15) is 0 Å². The Kier molecular flexibility index (Phi) is 7.35. The van der Waals surface area contributed by atoms with E-state index in [4.69, 9.17) is 19.9 Å². The average Bonchev–Trinajstić information content (AvgIpc) is 2.57. The molecular weight excluding hydrogens is 308 g/mol. The van der Waals surface area contributed by atoms with Crippen molar-refractivity contribution in [1.82, 2.24) is 4.90 Å². The van der Waals surface area contributed by atoms with Crippen molar-refractivity contribution < 1.29 is 19.0 Å². The molecule has 1 rings (SSSR count). The van der Waals surface area contributed by atoms with Gasteiger partial charge < -0.3 is 24.8 Å². The molecule has 0 atom stereocenters. The second-order valence-electron chi connectivity index (χ2n) is 6.61. The van der Waals surface area contributed by atoms with E-state index in [1.165, 1.54) is 0 Å². The van der Waals surface area contributed by atoms with Crippen LogP contribution in [0.1, 0.15) is 25.8 Å². The van der Waals surface area contributed by atoms with E-state index < -0.39 is 0 Å². The zero-order valence-corrected chi connectivity index (χ0v) is 15.6. The monoisotopic (exact) mass is 338 g/mol. The van der Waals surface area contributed by atoms with Gasteiger partial charge in [-0.15, -0.1) is 0 Å². The third kappa shape index (κ3) is 5.03. The van der Waals surface area contributed by atoms with Crippen LogP contribution in [-0.4, -0.2) is 52.3 Å². The van der Waals surface area contributed by atoms with Crippen LogP contribution >= 0.6 is 0 Å². The van der Waals surface area contributed by atoms with Crippen molar-refractivity contribution in [3.8, 4) is 17.2 Å². The van der Waals surface area contributed by atoms with Gasteiger partial charge in [0.25, 0.3) is 0 Å². The summed E-state index contributed by atoms with van der Waals surface area (Å²) in [6.07, 6.45) is 0.957. The molecule has 136 valence electrons. The number of carbonyl (C=O) groups excluding carboxylic acids is 1. The van der Waals surface area contributed by atoms with Gasteiger partial charge in [0.2, 0.25) is 11.7 Å². The Bertz CT molecular complexity index is 558. The highest BCUT2D eigenvalue weighted by molar-refractivity contribution is 5.76. The average molecular weight is 338 g/mol. The lowest BCUT2D eigenvalue weighted by molar-refractivity contribution is -0.131. The van der Waals surface area contributed by atoms with Crippen LogP contribution in [0.25, 0.3) is 0 Å². The number of hydrogen-bond donors (Lipinski definition) is 1. The minimum atomic E-state index is -0.0918. The molecule has 0 aliphatic rings. The molecule has 1 amide bonds. The Morgan fingerprint density at radius 3 is 2.25 bits per heavy atom. The maximum atomic E-state index is 12.4. The lowest BCUT2D eigenvalue weighted by atomic mass is 9.93. The smallest absolute Gasteiger partial charge is 0.222 e. The van der Waals surface area contributed by atoms with Gasteiger partial charge in [-0.05, 0) is 30.0 Å². The Labute approximate surface area is 144 Å². The Hall–Kier alpha value is -1.95. The highest BCUT2D eigenvalue weighted by atomic mass is 16.5. The molecule has 0 aromatic heterocycles. The van der Waals surface area contributed by atoms with Crippen LogP contribution in [0, 0.1) is 5.41 Å². The normalized spacial score (nSPS) is 11.1. The van der Waals surface area contributed by atoms with Gasteiger partial charge in [-0.25, -0.2) is 0 Å². The molecule has 0 unspecified atom stereocenters. The van der Waals surface area contributed by atoms with Crippen LogP contribution in [0.15, 0.2) is 12.1 Å². The number of rotatable bonds is 9. The summed E-state index contributed by atoms with van der Waals surface area (Å²) in [5.41, 5.74) is 6.56. The minimum Gasteiger partial charge on any atom is -0.493 e. The highest BCUT2D eigenvalue weighted by Crippen LogP contribution is 2.40. The summed E-state index contributed by atoms with van der Waals surface area (Å²) in [7, 11) is 6.54. The van der Waals surface area contributed by atoms with E-state index in [1.807, 2.05) is 33.0 Å². The van der Waals surface area contributed by atoms with E-state index in [-0.39, 0.29) is 11.3 Å². The van der Waals surface area contributed by atoms with Crippen LogP contribution in [0.2, 0.25) is 0 Å². The molecule has 2 N–H and O–H groups in total. The van der Waals surface area contributed by atoms with Gasteiger partial charge in [0, 0.05) is 20.0 Å². The number of ether oxygens (including phenoxy) is 3. The quantitative estimate of drug-likeness (QED) is 0.746. The summed E-state index contributed by atoms with van der Waals surface area (Å²) in [5.74, 6) is 1.83. The van der Waals surface area contributed by atoms with Gasteiger partial charge in [-0.2, -0.15) is 0 Å². The van der Waals surface area contributed by atoms with E-state index in [9.17, 15) is 4.79 Å². The predicted molar refractivity (Wildman–Crippen MR) is 94.9 cm³/mol. The number of carbonyl (C=O) groups is 1. The summed E-state index contributed by atoms with van der Waals surface area (Å²) in [6.45, 7) is 5.27. The second-order valence-corrected chi connectivity index (χ2v) is 6.61. The number of benzene rings is 1. The standard InChI is InChI=1S/C18H30N2O4/c1-18(2,11-19)12-20(3)15(21)10-8-13-7-9-14(22-4)17(24-6)16(13)23-5/h7,9H,8,10-12,19H2,1-6H3. The first-order valence-electron chi connectivity index (χ1n) is 8.01. The molecule has 0 heterocycles. The molecule has 6 nitrogen and oxygen atoms in total. The summed E-state index contributed by atoms with van der Waals surface area (Å²) in [6, 6.07) is 3.72. The fourth-order valence-electron chi connectivity index (χ4n) is 2.59. The Morgan fingerprint density at radius 1 is 1.12 bits per heavy atom. The number of amides is 1. The molecule has 1 aromatic rings. The van der Waals surface area contributed by atoms with Gasteiger partial charge in [-0.3, -0.25) is 4.79 Å². The maximum absolute atomic E-state index is 12.4. The van der Waals surface area contributed by atoms with E-state index in [0.717, 1.165) is 5.56 Å². The largest absolute Gasteiger partial charge is 0.493 e. The van der Waals surface area contributed by atoms with Crippen molar-refractivity contribution in [2.24, 2.45) is 11.1 Å². The van der Waals surface area contributed by atoms with E-state index in [2.05, 4.69) is 0 Å². The van der Waals surface area contributed by atoms with Crippen LogP contribution in [-0.2, 0) is 11.2 Å². The van der Waals surface area contributed by atoms with Gasteiger partial charge >= 0.3 is 0 Å². The van der Waals surface area contributed by atoms with Crippen molar-refractivity contribution in [2.75, 3.05) is 41.5 Å². The van der Waals surface area contributed by atoms with Crippen molar-refractivity contribution in [1.29, 1.82) is 0 Å². The van der Waals surface area contributed by atoms with Crippen LogP contribution in [0.5, 0.6) is 17.2 Å². The first-order chi connectivity index (χ1) is 11.3. The summed E-state index contributed by atoms with van der Waals surface area (Å²) < 4.78 is 16.1. The zero-order chi connectivity index (χ0) is 18.3. The first-order valence-corrected chi connectivity index (χ1v) is 8.01. The van der Waals surface area contributed by atoms with Crippen molar-refractivity contribution in [3.63, 3.8) is 0 Å². The number of methoxy groups -OCH3 is 3. The molecule has 1 aromatic carbocycles. The summed E-state index contributed by atoms with van der Waals surface area (Å²) in [4.78, 5) is 14.1. The molecule has 0 spiro atoms. The third-order valence-corrected chi connectivity index (χ3v) is 4.04. The second kappa shape index (κ2) is 8.78. The zero-order valence-electron chi connectivity index (χ0n) is 15.6. The maximum Gasteiger partial charge on any atom is 0.222 e. The summed E-state index contributed by atoms with van der Waals surface area (Å²) >= 11 is 0. The fraction of sp³-hybridized carbons (Fsp3) is 0.611. The lowest BCUT2D eigenvalue weighted by Crippen LogP contribution is -2.39. The SMILES string of the molecule is COc1ccc(CCC(=O)N(C)CC(C)(C)CN)c(OC)c1OC. The summed E-state index contributed by atoms with van der Waals surface area (Å²) in [5, 5.41) is 0. The van der Waals surface area contributed by atoms with Crippen molar-refractivity contribution >= 4 is 5.91 Å². The molecule has 0 aliphatic carbocycles. The van der Waals surface area contributed by atoms with E-state index in [1.54, 1.807) is 26.2 Å². The Balaban J connectivity index is 2.82. The van der Waals surface area contributed by atoms with E-state index >= 15 is 0 Å². The molecule has 0 bridgehead atoms. The lowest BCUT2D eigenvalue weighted by Gasteiger charge is -2.29. The molecule has 0 radical (unpaired) electrons. The van der Waals surface area contributed by atoms with Gasteiger partial charge in [0.05, 0.1) is 21.3 Å². The van der Waals surface area contributed by atoms with Gasteiger partial charge in [-0.1, -0.05) is 19.9 Å². The minimum absolute atomic E-state index is 0.0772. The third-order valence-electron chi connectivity index (χ3n) is 4.04. The van der Waals surface area contributed by atoms with Crippen LogP contribution in [0.3, 0.4) is 0 Å². The fourth-order valence-corrected chi connectivity index (χ4v) is 2.59. The number of nitrogens with two attached hydrogens (primary N) is 1. The number of hydrogen-bond acceptors (Lipinski definition) is 5. The molecule has 0 fully saturated rings. The van der Waals surface area contributed by atoms with Crippen LogP contribution < -0.4 is 19.9 Å². The molecule has 0 saturated carbocycles. The number of aryl methyl sites for hydroxylation is 1. The first kappa shape index (κ1) is 20.1.